The summed E-state index contributed by atoms with van der Waals surface area (Å²) >= 11 is 0. The van der Waals surface area contributed by atoms with Crippen molar-refractivity contribution >= 4 is 26.5 Å². The van der Waals surface area contributed by atoms with E-state index in [0.29, 0.717) is 0 Å². The lowest BCUT2D eigenvalue weighted by molar-refractivity contribution is -0.139. The maximum Gasteiger partial charge on any atom is 0.333 e. The minimum atomic E-state index is -1.82. The summed E-state index contributed by atoms with van der Waals surface area (Å²) in [4.78, 5) is 32.7. The van der Waals surface area contributed by atoms with Gasteiger partial charge in [0.05, 0.1) is 19.8 Å². The van der Waals surface area contributed by atoms with Gasteiger partial charge in [0, 0.05) is 18.2 Å². The topological polar surface area (TPSA) is 107 Å². The zero-order valence-corrected chi connectivity index (χ0v) is 14.6. The lowest BCUT2D eigenvalue weighted by Gasteiger charge is -2.16. The highest BCUT2D eigenvalue weighted by atomic mass is 31.2. The van der Waals surface area contributed by atoms with Gasteiger partial charge in [0.25, 0.3) is 0 Å². The van der Waals surface area contributed by atoms with E-state index in [9.17, 15) is 14.4 Å². The Morgan fingerprint density at radius 3 is 1.12 bits per heavy atom. The Morgan fingerprint density at radius 2 is 0.880 bits per heavy atom. The zero-order valence-electron chi connectivity index (χ0n) is 13.7. The van der Waals surface area contributed by atoms with E-state index in [0.717, 1.165) is 18.2 Å². The van der Waals surface area contributed by atoms with Crippen molar-refractivity contribution in [1.29, 1.82) is 0 Å². The summed E-state index contributed by atoms with van der Waals surface area (Å²) in [5.41, 5.74) is 0. The van der Waals surface area contributed by atoms with Crippen molar-refractivity contribution in [2.24, 2.45) is 0 Å². The molecule has 0 aliphatic carbocycles. The van der Waals surface area contributed by atoms with Gasteiger partial charge in [0.2, 0.25) is 0 Å². The fraction of sp³-hybridized carbons (Fsp3) is 0.400. The summed E-state index contributed by atoms with van der Waals surface area (Å²) in [5, 5.41) is 0. The molecular weight excluding hydrogens is 355 g/mol. The Balaban J connectivity index is 4.10. The number of esters is 3. The fourth-order valence-electron chi connectivity index (χ4n) is 1.05. The lowest BCUT2D eigenvalue weighted by Crippen LogP contribution is -2.12. The van der Waals surface area contributed by atoms with Gasteiger partial charge in [0.15, 0.2) is 0 Å². The molecule has 25 heavy (non-hydrogen) atoms. The van der Waals surface area contributed by atoms with Crippen LogP contribution in [0.1, 0.15) is 0 Å². The van der Waals surface area contributed by atoms with Gasteiger partial charge in [0.1, 0.15) is 19.8 Å². The van der Waals surface area contributed by atoms with Gasteiger partial charge in [-0.05, 0) is 0 Å². The SMILES string of the molecule is C=CC(=O)OCCOP(OCCOC(=O)C=C)OCCOC(=O)C=C. The van der Waals surface area contributed by atoms with Crippen LogP contribution in [0.3, 0.4) is 0 Å². The molecule has 0 aliphatic rings. The van der Waals surface area contributed by atoms with Crippen LogP contribution in [0.4, 0.5) is 0 Å². The standard InChI is InChI=1S/C15H21O9P/c1-4-13(16)19-7-10-22-25(23-11-8-20-14(17)5-2)24-12-9-21-15(18)6-3/h4-6H,1-3,7-12H2. The van der Waals surface area contributed by atoms with E-state index in [1.807, 2.05) is 0 Å². The maximum atomic E-state index is 10.9. The molecule has 0 saturated carbocycles. The summed E-state index contributed by atoms with van der Waals surface area (Å²) in [6, 6.07) is 0. The summed E-state index contributed by atoms with van der Waals surface area (Å²) in [7, 11) is -1.82. The molecule has 140 valence electrons. The molecule has 0 amide bonds. The van der Waals surface area contributed by atoms with Crippen LogP contribution in [-0.4, -0.2) is 57.5 Å². The van der Waals surface area contributed by atoms with Crippen molar-refractivity contribution in [3.63, 3.8) is 0 Å². The number of carbonyl (C=O) groups excluding carboxylic acids is 3. The molecule has 0 rings (SSSR count). The third-order valence-electron chi connectivity index (χ3n) is 2.07. The van der Waals surface area contributed by atoms with Crippen LogP contribution >= 0.6 is 8.60 Å². The van der Waals surface area contributed by atoms with E-state index in [1.54, 1.807) is 0 Å². The fourth-order valence-corrected chi connectivity index (χ4v) is 1.95. The Bertz CT molecular complexity index is 397. The molecule has 0 unspecified atom stereocenters. The second-order valence-corrected chi connectivity index (χ2v) is 5.06. The molecule has 0 bridgehead atoms. The van der Waals surface area contributed by atoms with Crippen LogP contribution < -0.4 is 0 Å². The van der Waals surface area contributed by atoms with Crippen molar-refractivity contribution in [3.8, 4) is 0 Å². The van der Waals surface area contributed by atoms with Crippen LogP contribution in [0.2, 0.25) is 0 Å². The van der Waals surface area contributed by atoms with Gasteiger partial charge in [-0.1, -0.05) is 19.7 Å². The second-order valence-electron chi connectivity index (χ2n) is 3.84. The first-order valence-electron chi connectivity index (χ1n) is 7.10. The molecule has 0 N–H and O–H groups in total. The second kappa shape index (κ2) is 15.5. The molecule has 0 aromatic heterocycles. The minimum Gasteiger partial charge on any atom is -0.460 e. The predicted molar refractivity (Wildman–Crippen MR) is 88.2 cm³/mol. The van der Waals surface area contributed by atoms with Crippen LogP contribution in [0.5, 0.6) is 0 Å². The summed E-state index contributed by atoms with van der Waals surface area (Å²) in [6.07, 6.45) is 3.08. The highest BCUT2D eigenvalue weighted by Crippen LogP contribution is 2.39. The highest BCUT2D eigenvalue weighted by molar-refractivity contribution is 7.41. The summed E-state index contributed by atoms with van der Waals surface area (Å²) in [5.74, 6) is -1.74. The number of rotatable bonds is 15. The zero-order chi connectivity index (χ0) is 18.9. The molecule has 0 aliphatic heterocycles. The van der Waals surface area contributed by atoms with E-state index in [2.05, 4.69) is 19.7 Å². The van der Waals surface area contributed by atoms with Crippen LogP contribution in [0, 0.1) is 0 Å². The molecule has 0 radical (unpaired) electrons. The number of carbonyl (C=O) groups is 3. The first kappa shape index (κ1) is 22.9. The largest absolute Gasteiger partial charge is 0.460 e. The molecule has 0 spiro atoms. The molecule has 0 fully saturated rings. The van der Waals surface area contributed by atoms with E-state index >= 15 is 0 Å². The average molecular weight is 376 g/mol. The van der Waals surface area contributed by atoms with Gasteiger partial charge in [-0.3, -0.25) is 0 Å². The van der Waals surface area contributed by atoms with Crippen LogP contribution in [0.25, 0.3) is 0 Å². The quantitative estimate of drug-likeness (QED) is 0.138. The Kier molecular flexibility index (Phi) is 14.2. The third-order valence-corrected chi connectivity index (χ3v) is 3.25. The van der Waals surface area contributed by atoms with E-state index < -0.39 is 26.5 Å². The molecule has 9 nitrogen and oxygen atoms in total. The smallest absolute Gasteiger partial charge is 0.333 e. The van der Waals surface area contributed by atoms with Crippen molar-refractivity contribution in [2.45, 2.75) is 0 Å². The van der Waals surface area contributed by atoms with Crippen LogP contribution in [0.15, 0.2) is 38.0 Å². The lowest BCUT2D eigenvalue weighted by atomic mass is 10.6. The van der Waals surface area contributed by atoms with Crippen molar-refractivity contribution < 1.29 is 42.2 Å². The maximum absolute atomic E-state index is 10.9. The van der Waals surface area contributed by atoms with E-state index in [4.69, 9.17) is 27.8 Å². The molecule has 0 saturated heterocycles. The van der Waals surface area contributed by atoms with Crippen molar-refractivity contribution in [2.75, 3.05) is 39.6 Å². The van der Waals surface area contributed by atoms with Crippen LogP contribution in [-0.2, 0) is 42.2 Å². The van der Waals surface area contributed by atoms with Gasteiger partial charge in [-0.2, -0.15) is 0 Å². The van der Waals surface area contributed by atoms with Crippen molar-refractivity contribution in [1.82, 2.24) is 0 Å². The summed E-state index contributed by atoms with van der Waals surface area (Å²) < 4.78 is 30.1. The average Bonchev–Trinajstić information content (AvgIpc) is 2.63. The van der Waals surface area contributed by atoms with Gasteiger partial charge in [-0.15, -0.1) is 0 Å². The Morgan fingerprint density at radius 1 is 0.600 bits per heavy atom. The van der Waals surface area contributed by atoms with Gasteiger partial charge >= 0.3 is 26.5 Å². The van der Waals surface area contributed by atoms with E-state index in [-0.39, 0.29) is 39.6 Å². The predicted octanol–water partition coefficient (Wildman–Crippen LogP) is 1.45. The third kappa shape index (κ3) is 14.0. The molecule has 10 heteroatoms. The number of hydrogen-bond donors (Lipinski definition) is 0. The van der Waals surface area contributed by atoms with Crippen molar-refractivity contribution in [3.05, 3.63) is 38.0 Å². The number of ether oxygens (including phenoxy) is 3. The Labute approximate surface area is 147 Å². The van der Waals surface area contributed by atoms with Gasteiger partial charge in [-0.25, -0.2) is 14.4 Å². The van der Waals surface area contributed by atoms with Gasteiger partial charge < -0.3 is 27.8 Å². The summed E-state index contributed by atoms with van der Waals surface area (Å²) in [6.45, 7) is 9.77. The Hall–Kier alpha value is -2.06. The molecule has 0 aromatic carbocycles. The molecule has 0 aromatic rings. The molecule has 0 heterocycles. The van der Waals surface area contributed by atoms with E-state index in [1.165, 1.54) is 0 Å². The monoisotopic (exact) mass is 376 g/mol. The number of hydrogen-bond acceptors (Lipinski definition) is 9. The molecule has 0 atom stereocenters. The first-order chi connectivity index (χ1) is 12.0. The normalized spacial score (nSPS) is 9.96. The molecular formula is C15H21O9P. The highest BCUT2D eigenvalue weighted by Gasteiger charge is 2.14. The first-order valence-corrected chi connectivity index (χ1v) is 8.19. The minimum absolute atomic E-state index is 0.0180.